The highest BCUT2D eigenvalue weighted by Gasteiger charge is 2.26. The Morgan fingerprint density at radius 3 is 2.92 bits per heavy atom. The molecular formula is C18H22N4O2. The predicted molar refractivity (Wildman–Crippen MR) is 94.2 cm³/mol. The van der Waals surface area contributed by atoms with E-state index in [1.165, 1.54) is 6.33 Å². The molecule has 0 aliphatic carbocycles. The number of benzene rings is 1. The third-order valence-corrected chi connectivity index (χ3v) is 4.59. The molecule has 1 aliphatic heterocycles. The molecular weight excluding hydrogens is 304 g/mol. The topological polar surface area (TPSA) is 87.1 Å². The molecule has 0 amide bonds. The molecule has 2 unspecified atom stereocenters. The van der Waals surface area contributed by atoms with Gasteiger partial charge in [-0.15, -0.1) is 0 Å². The number of hydrogen-bond acceptors (Lipinski definition) is 5. The Morgan fingerprint density at radius 1 is 1.38 bits per heavy atom. The summed E-state index contributed by atoms with van der Waals surface area (Å²) in [5, 5.41) is 16.1. The standard InChI is InChI=1S/C18H22N4O2/c1-3-11(2)15(18(23)24)22-17-13-8-9-19-14-7-5-4-6-12(14)16(13)20-10-21-17/h4-7,10-11,15,19H,3,8-9H2,1-2H3,(H,23,24)(H,20,21,22). The maximum absolute atomic E-state index is 11.6. The Morgan fingerprint density at radius 2 is 2.17 bits per heavy atom. The Balaban J connectivity index is 2.02. The number of carboxylic acid groups (broad SMARTS) is 1. The maximum atomic E-state index is 11.6. The van der Waals surface area contributed by atoms with E-state index in [-0.39, 0.29) is 5.92 Å². The number of aliphatic carboxylic acids is 1. The fraction of sp³-hybridized carbons (Fsp3) is 0.389. The zero-order valence-electron chi connectivity index (χ0n) is 13.9. The minimum Gasteiger partial charge on any atom is -0.480 e. The first-order valence-corrected chi connectivity index (χ1v) is 8.28. The largest absolute Gasteiger partial charge is 0.480 e. The van der Waals surface area contributed by atoms with E-state index in [1.807, 2.05) is 38.1 Å². The normalized spacial score (nSPS) is 15.2. The van der Waals surface area contributed by atoms with Crippen LogP contribution in [-0.2, 0) is 11.2 Å². The minimum atomic E-state index is -0.858. The second kappa shape index (κ2) is 6.86. The first-order valence-electron chi connectivity index (χ1n) is 8.28. The van der Waals surface area contributed by atoms with Crippen LogP contribution in [0.15, 0.2) is 30.6 Å². The highest BCUT2D eigenvalue weighted by Crippen LogP contribution is 2.34. The van der Waals surface area contributed by atoms with Crippen molar-refractivity contribution in [3.8, 4) is 11.3 Å². The van der Waals surface area contributed by atoms with Crippen molar-refractivity contribution < 1.29 is 9.90 Å². The fourth-order valence-corrected chi connectivity index (χ4v) is 3.00. The van der Waals surface area contributed by atoms with Crippen molar-refractivity contribution in [1.82, 2.24) is 9.97 Å². The van der Waals surface area contributed by atoms with Crippen LogP contribution in [0.5, 0.6) is 0 Å². The average molecular weight is 326 g/mol. The molecule has 6 heteroatoms. The average Bonchev–Trinajstić information content (AvgIpc) is 2.78. The fourth-order valence-electron chi connectivity index (χ4n) is 3.00. The summed E-state index contributed by atoms with van der Waals surface area (Å²) in [6.07, 6.45) is 3.01. The molecule has 2 aromatic rings. The van der Waals surface area contributed by atoms with Crippen molar-refractivity contribution in [1.29, 1.82) is 0 Å². The van der Waals surface area contributed by atoms with Crippen LogP contribution in [0.1, 0.15) is 25.8 Å². The summed E-state index contributed by atoms with van der Waals surface area (Å²) in [5.41, 5.74) is 3.88. The Hall–Kier alpha value is -2.63. The third kappa shape index (κ3) is 3.04. The van der Waals surface area contributed by atoms with Crippen molar-refractivity contribution in [2.24, 2.45) is 5.92 Å². The lowest BCUT2D eigenvalue weighted by molar-refractivity contribution is -0.139. The summed E-state index contributed by atoms with van der Waals surface area (Å²) in [4.78, 5) is 20.4. The zero-order chi connectivity index (χ0) is 17.1. The van der Waals surface area contributed by atoms with Gasteiger partial charge in [0.05, 0.1) is 5.69 Å². The van der Waals surface area contributed by atoms with Crippen molar-refractivity contribution >= 4 is 17.5 Å². The predicted octanol–water partition coefficient (Wildman–Crippen LogP) is 3.02. The van der Waals surface area contributed by atoms with E-state index in [4.69, 9.17) is 0 Å². The quantitative estimate of drug-likeness (QED) is 0.783. The van der Waals surface area contributed by atoms with Gasteiger partial charge >= 0.3 is 5.97 Å². The molecule has 0 saturated carbocycles. The third-order valence-electron chi connectivity index (χ3n) is 4.59. The molecule has 1 aliphatic rings. The van der Waals surface area contributed by atoms with Gasteiger partial charge in [-0.05, 0) is 18.4 Å². The lowest BCUT2D eigenvalue weighted by atomic mass is 9.98. The van der Waals surface area contributed by atoms with Crippen molar-refractivity contribution in [2.45, 2.75) is 32.7 Å². The molecule has 24 heavy (non-hydrogen) atoms. The van der Waals surface area contributed by atoms with Gasteiger partial charge in [-0.2, -0.15) is 0 Å². The van der Waals surface area contributed by atoms with Gasteiger partial charge in [0.2, 0.25) is 0 Å². The number of carbonyl (C=O) groups is 1. The van der Waals surface area contributed by atoms with E-state index in [2.05, 4.69) is 20.6 Å². The number of carboxylic acids is 1. The van der Waals surface area contributed by atoms with Gasteiger partial charge in [-0.3, -0.25) is 0 Å². The summed E-state index contributed by atoms with van der Waals surface area (Å²) in [6, 6.07) is 7.34. The SMILES string of the molecule is CCC(C)C(Nc1ncnc2c1CCNc1ccccc1-2)C(=O)O. The van der Waals surface area contributed by atoms with Crippen LogP contribution in [0.25, 0.3) is 11.3 Å². The summed E-state index contributed by atoms with van der Waals surface area (Å²) >= 11 is 0. The number of anilines is 2. The molecule has 1 aromatic heterocycles. The van der Waals surface area contributed by atoms with Gasteiger partial charge < -0.3 is 15.7 Å². The monoisotopic (exact) mass is 326 g/mol. The second-order valence-electron chi connectivity index (χ2n) is 6.12. The van der Waals surface area contributed by atoms with Gasteiger partial charge in [0, 0.05) is 23.4 Å². The van der Waals surface area contributed by atoms with Crippen molar-refractivity contribution in [3.63, 3.8) is 0 Å². The number of hydrogen-bond donors (Lipinski definition) is 3. The first kappa shape index (κ1) is 16.2. The van der Waals surface area contributed by atoms with Crippen LogP contribution in [-0.4, -0.2) is 33.6 Å². The molecule has 0 radical (unpaired) electrons. The number of fused-ring (bicyclic) bond motifs is 3. The number of rotatable bonds is 5. The molecule has 6 nitrogen and oxygen atoms in total. The first-order chi connectivity index (χ1) is 11.6. The Labute approximate surface area is 141 Å². The van der Waals surface area contributed by atoms with Crippen LogP contribution in [0.2, 0.25) is 0 Å². The zero-order valence-corrected chi connectivity index (χ0v) is 13.9. The second-order valence-corrected chi connectivity index (χ2v) is 6.12. The minimum absolute atomic E-state index is 0.00399. The number of nitrogens with zero attached hydrogens (tertiary/aromatic N) is 2. The number of nitrogens with one attached hydrogen (secondary N) is 2. The molecule has 2 heterocycles. The molecule has 0 bridgehead atoms. The summed E-state index contributed by atoms with van der Waals surface area (Å²) < 4.78 is 0. The van der Waals surface area contributed by atoms with E-state index in [0.29, 0.717) is 5.82 Å². The lowest BCUT2D eigenvalue weighted by Gasteiger charge is -2.22. The molecule has 0 spiro atoms. The molecule has 0 saturated heterocycles. The highest BCUT2D eigenvalue weighted by atomic mass is 16.4. The Kier molecular flexibility index (Phi) is 4.64. The molecule has 1 aromatic carbocycles. The van der Waals surface area contributed by atoms with Gasteiger partial charge in [0.15, 0.2) is 0 Å². The molecule has 126 valence electrons. The van der Waals surface area contributed by atoms with Crippen LogP contribution in [0.3, 0.4) is 0 Å². The molecule has 2 atom stereocenters. The van der Waals surface area contributed by atoms with Crippen LogP contribution in [0.4, 0.5) is 11.5 Å². The summed E-state index contributed by atoms with van der Waals surface area (Å²) in [7, 11) is 0. The van der Waals surface area contributed by atoms with E-state index in [1.54, 1.807) is 0 Å². The number of aromatic nitrogens is 2. The smallest absolute Gasteiger partial charge is 0.326 e. The van der Waals surface area contributed by atoms with Crippen LogP contribution in [0, 0.1) is 5.92 Å². The van der Waals surface area contributed by atoms with Crippen LogP contribution >= 0.6 is 0 Å². The van der Waals surface area contributed by atoms with Crippen LogP contribution < -0.4 is 10.6 Å². The van der Waals surface area contributed by atoms with Crippen molar-refractivity contribution in [2.75, 3.05) is 17.2 Å². The van der Waals surface area contributed by atoms with E-state index < -0.39 is 12.0 Å². The summed E-state index contributed by atoms with van der Waals surface area (Å²) in [6.45, 7) is 4.68. The van der Waals surface area contributed by atoms with E-state index in [0.717, 1.165) is 41.9 Å². The van der Waals surface area contributed by atoms with E-state index >= 15 is 0 Å². The summed E-state index contributed by atoms with van der Waals surface area (Å²) in [5.74, 6) is -0.237. The Bertz CT molecular complexity index is 748. The molecule has 0 fully saturated rings. The molecule has 3 rings (SSSR count). The van der Waals surface area contributed by atoms with Crippen molar-refractivity contribution in [3.05, 3.63) is 36.2 Å². The number of para-hydroxylation sites is 1. The van der Waals surface area contributed by atoms with E-state index in [9.17, 15) is 9.90 Å². The van der Waals surface area contributed by atoms with Gasteiger partial charge in [-0.1, -0.05) is 38.5 Å². The van der Waals surface area contributed by atoms with Gasteiger partial charge in [0.25, 0.3) is 0 Å². The maximum Gasteiger partial charge on any atom is 0.326 e. The molecule has 3 N–H and O–H groups in total. The lowest BCUT2D eigenvalue weighted by Crippen LogP contribution is -2.36. The highest BCUT2D eigenvalue weighted by molar-refractivity contribution is 5.82. The van der Waals surface area contributed by atoms with Gasteiger partial charge in [0.1, 0.15) is 18.2 Å². The van der Waals surface area contributed by atoms with Gasteiger partial charge in [-0.25, -0.2) is 14.8 Å².